The van der Waals surface area contributed by atoms with Gasteiger partial charge in [0, 0.05) is 0 Å². The largest absolute Gasteiger partial charge is 0.162 e. The average Bonchev–Trinajstić information content (AvgIpc) is 2.81. The molecule has 1 radical (unpaired) electrons. The summed E-state index contributed by atoms with van der Waals surface area (Å²) in [7, 11) is 0. The van der Waals surface area contributed by atoms with Crippen LogP contribution in [0.25, 0.3) is 0 Å². The van der Waals surface area contributed by atoms with E-state index in [-0.39, 0.29) is 0 Å². The van der Waals surface area contributed by atoms with E-state index in [4.69, 9.17) is 0 Å². The number of rotatable bonds is 13. The first-order valence-electron chi connectivity index (χ1n) is 9.36. The van der Waals surface area contributed by atoms with Gasteiger partial charge in [-0.05, 0) is 0 Å². The van der Waals surface area contributed by atoms with E-state index in [1.165, 1.54) is 0 Å². The topological polar surface area (TPSA) is 0 Å². The Labute approximate surface area is 528 Å². The van der Waals surface area contributed by atoms with Gasteiger partial charge in [0.15, 0.2) is 2.14 Å². The van der Waals surface area contributed by atoms with E-state index in [0.717, 1.165) is 0 Å². The van der Waals surface area contributed by atoms with Crippen LogP contribution in [0.15, 0.2) is 0 Å². The molecule has 0 saturated heterocycles. The van der Waals surface area contributed by atoms with Crippen molar-refractivity contribution in [2.24, 2.45) is 0 Å². The van der Waals surface area contributed by atoms with Crippen LogP contribution in [0.5, 0.6) is 0 Å². The first kappa shape index (κ1) is 60.9. The van der Waals surface area contributed by atoms with E-state index in [0.29, 0.717) is 3.74 Å². The molecule has 0 aromatic carbocycles. The molecule has 0 aliphatic carbocycles. The zero-order chi connectivity index (χ0) is 38.6. The van der Waals surface area contributed by atoms with Crippen LogP contribution in [0.3, 0.4) is 0 Å². The lowest BCUT2D eigenvalue weighted by Crippen LogP contribution is -2.73. The molecule has 0 N–H and O–H groups in total. The predicted molar refractivity (Wildman–Crippen MR) is 318 cm³/mol. The minimum absolute atomic E-state index is 0.638. The highest BCUT2D eigenvalue weighted by molar-refractivity contribution is 9.42. The molecule has 0 unspecified atom stereocenters. The molecule has 46 heavy (non-hydrogen) atoms. The summed E-state index contributed by atoms with van der Waals surface area (Å²) in [5.41, 5.74) is 0. The number of hydrogen-bond donors (Lipinski definition) is 0. The number of hydrogen-bond acceptors (Lipinski definition) is 0. The maximum absolute atomic E-state index is 3.99. The first-order valence-corrected chi connectivity index (χ1v) is 33.9. The van der Waals surface area contributed by atoms with Crippen LogP contribution in [-0.4, -0.2) is 44.2 Å². The lowest BCUT2D eigenvalue weighted by atomic mass is 10.0. The SMILES string of the molecule is Br[C](Br)C(Br)(Br)C(Br)(Br)C(Br)(Br)C(Br)(Br)C(Br)(Br)C(Br)(Br)C(Br)(Br)C(Br)(Br)C(Br)(Br)C(Br)(Br)C(Br)(Br)C(Br)(Br)C(Br)(Br)C(Br)(Br)Br. The van der Waals surface area contributed by atoms with Gasteiger partial charge in [0.1, 0.15) is 45.8 Å². The molecule has 0 rings (SSSR count). The molecular formula is C15Br31. The van der Waals surface area contributed by atoms with Gasteiger partial charge in [0.25, 0.3) is 0 Å². The number of alkyl halides is 29. The zero-order valence-corrected chi connectivity index (χ0v) is 68.4. The second-order valence-corrected chi connectivity index (χ2v) is 62.4. The Bertz CT molecular complexity index is 1100. The molecule has 0 amide bonds. The maximum Gasteiger partial charge on any atom is 0.162 e. The Kier molecular flexibility index (Phi) is 26.5. The van der Waals surface area contributed by atoms with Gasteiger partial charge in [-0.3, -0.25) is 0 Å². The molecule has 0 aliphatic heterocycles. The fourth-order valence-corrected chi connectivity index (χ4v) is 32.4. The van der Waals surface area contributed by atoms with Gasteiger partial charge in [0.2, 0.25) is 0 Å². The van der Waals surface area contributed by atoms with E-state index >= 15 is 0 Å². The van der Waals surface area contributed by atoms with E-state index in [1.54, 1.807) is 0 Å². The maximum atomic E-state index is 3.99. The quantitative estimate of drug-likeness (QED) is 0.161. The van der Waals surface area contributed by atoms with Gasteiger partial charge in [-0.2, -0.15) is 0 Å². The summed E-state index contributed by atoms with van der Waals surface area (Å²) in [4.78, 5) is 0. The molecule has 0 aromatic rings. The van der Waals surface area contributed by atoms with Crippen molar-refractivity contribution in [1.82, 2.24) is 0 Å². The summed E-state index contributed by atoms with van der Waals surface area (Å²) in [6, 6.07) is 0. The molecule has 31 heteroatoms. The van der Waals surface area contributed by atoms with Gasteiger partial charge in [-0.1, -0.05) is 494 Å². The van der Waals surface area contributed by atoms with E-state index in [1.807, 2.05) is 0 Å². The standard InChI is InChI=1S/C15Br31/c16-1(17)2(18,19)3(20,21)4(22,23)5(24,25)6(26,27)7(28,29)8(30,31)9(32,33)10(34,35)11(36,37)12(38,39)13(40,41)14(42,43)15(44,45)46. The normalized spacial score (nSPS) is 17.2. The monoisotopic (exact) mass is 2630 g/mol. The van der Waals surface area contributed by atoms with Crippen LogP contribution in [-0.2, 0) is 0 Å². The van der Waals surface area contributed by atoms with Gasteiger partial charge in [-0.15, -0.1) is 0 Å². The second kappa shape index (κ2) is 20.0. The summed E-state index contributed by atoms with van der Waals surface area (Å²) in [5, 5.41) is 0. The Morgan fingerprint density at radius 3 is 0.457 bits per heavy atom. The molecule has 0 heterocycles. The first-order chi connectivity index (χ1) is 19.2. The van der Waals surface area contributed by atoms with Crippen LogP contribution in [0, 0.1) is 3.74 Å². The minimum atomic E-state index is -1.26. The van der Waals surface area contributed by atoms with Crippen molar-refractivity contribution in [3.05, 3.63) is 3.74 Å². The van der Waals surface area contributed by atoms with Crippen LogP contribution in [0.1, 0.15) is 0 Å². The summed E-state index contributed by atoms with van der Waals surface area (Å²) in [5.74, 6) is 0. The van der Waals surface area contributed by atoms with Crippen molar-refractivity contribution in [2.45, 2.75) is 44.2 Å². The highest BCUT2D eigenvalue weighted by atomic mass is 80.0. The number of halogens is 31. The summed E-state index contributed by atoms with van der Waals surface area (Å²) < 4.78 is -15.3. The minimum Gasteiger partial charge on any atom is -0.0675 e. The summed E-state index contributed by atoms with van der Waals surface area (Å²) in [6.45, 7) is 0. The van der Waals surface area contributed by atoms with Gasteiger partial charge in [0.05, 0.1) is 0 Å². The molecule has 277 valence electrons. The van der Waals surface area contributed by atoms with Gasteiger partial charge >= 0.3 is 0 Å². The summed E-state index contributed by atoms with van der Waals surface area (Å²) in [6.07, 6.45) is 0. The van der Waals surface area contributed by atoms with Crippen molar-refractivity contribution in [3.8, 4) is 0 Å². The van der Waals surface area contributed by atoms with E-state index < -0.39 is 44.2 Å². The molecule has 0 fully saturated rings. The molecular weight excluding hydrogens is 2660 g/mol. The smallest absolute Gasteiger partial charge is 0.0675 e. The molecule has 0 aromatic heterocycles. The van der Waals surface area contributed by atoms with Crippen molar-refractivity contribution < 1.29 is 0 Å². The second-order valence-electron chi connectivity index (χ2n) is 8.23. The lowest BCUT2D eigenvalue weighted by Gasteiger charge is -2.61. The fourth-order valence-electron chi connectivity index (χ4n) is 2.47. The molecule has 0 nitrogen and oxygen atoms in total. The van der Waals surface area contributed by atoms with Crippen LogP contribution >= 0.6 is 494 Å². The highest BCUT2D eigenvalue weighted by Gasteiger charge is 2.83. The Hall–Kier alpha value is 14.9. The molecule has 0 aliphatic rings. The Morgan fingerprint density at radius 1 is 0.196 bits per heavy atom. The van der Waals surface area contributed by atoms with Crippen LogP contribution in [0.2, 0.25) is 0 Å². The van der Waals surface area contributed by atoms with E-state index in [2.05, 4.69) is 494 Å². The summed E-state index contributed by atoms with van der Waals surface area (Å²) >= 11 is 120. The average molecular weight is 2660 g/mol. The molecule has 0 atom stereocenters. The third-order valence-electron chi connectivity index (χ3n) is 5.33. The third kappa shape index (κ3) is 10.4. The van der Waals surface area contributed by atoms with Crippen molar-refractivity contribution >= 4 is 494 Å². The van der Waals surface area contributed by atoms with Crippen molar-refractivity contribution in [1.29, 1.82) is 0 Å². The third-order valence-corrected chi connectivity index (χ3v) is 69.7. The van der Waals surface area contributed by atoms with E-state index in [9.17, 15) is 0 Å². The van der Waals surface area contributed by atoms with Crippen molar-refractivity contribution in [3.63, 3.8) is 0 Å². The molecule has 0 spiro atoms. The lowest BCUT2D eigenvalue weighted by molar-refractivity contribution is 0.534. The van der Waals surface area contributed by atoms with Crippen LogP contribution in [0.4, 0.5) is 0 Å². The predicted octanol–water partition coefficient (Wildman–Crippen LogP) is 23.4. The van der Waals surface area contributed by atoms with Gasteiger partial charge in [-0.25, -0.2) is 0 Å². The molecule has 0 saturated carbocycles. The van der Waals surface area contributed by atoms with Gasteiger partial charge < -0.3 is 0 Å². The fraction of sp³-hybridized carbons (Fsp3) is 0.933. The molecule has 0 bridgehead atoms. The van der Waals surface area contributed by atoms with Crippen LogP contribution < -0.4 is 0 Å². The zero-order valence-electron chi connectivity index (χ0n) is 19.2. The highest BCUT2D eigenvalue weighted by Crippen LogP contribution is 2.82. The Morgan fingerprint density at radius 2 is 0.326 bits per heavy atom. The van der Waals surface area contributed by atoms with Crippen molar-refractivity contribution in [2.75, 3.05) is 0 Å². The Balaban J connectivity index is 7.57.